The van der Waals surface area contributed by atoms with Crippen molar-refractivity contribution in [1.29, 1.82) is 0 Å². The van der Waals surface area contributed by atoms with Gasteiger partial charge in [0.05, 0.1) is 16.0 Å². The predicted octanol–water partition coefficient (Wildman–Crippen LogP) is 4.81. The van der Waals surface area contributed by atoms with Gasteiger partial charge in [-0.1, -0.05) is 48.0 Å². The van der Waals surface area contributed by atoms with Crippen LogP contribution in [0.2, 0.25) is 5.02 Å². The molecule has 2 N–H and O–H groups in total. The molecule has 5 nitrogen and oxygen atoms in total. The zero-order valence-electron chi connectivity index (χ0n) is 15.4. The minimum Gasteiger partial charge on any atom is -0.325 e. The lowest BCUT2D eigenvalue weighted by molar-refractivity contribution is -0.118. The summed E-state index contributed by atoms with van der Waals surface area (Å²) in [6.07, 6.45) is 1.50. The van der Waals surface area contributed by atoms with Crippen LogP contribution < -0.4 is 10.0 Å². The van der Waals surface area contributed by atoms with Crippen LogP contribution in [0, 0.1) is 0 Å². The second-order valence-corrected chi connectivity index (χ2v) is 9.16. The lowest BCUT2D eigenvalue weighted by Gasteiger charge is -2.17. The summed E-state index contributed by atoms with van der Waals surface area (Å²) < 4.78 is 27.6. The van der Waals surface area contributed by atoms with Crippen LogP contribution in [0.4, 0.5) is 11.4 Å². The Labute approximate surface area is 174 Å². The molecule has 1 aliphatic rings. The maximum Gasteiger partial charge on any atom is 0.261 e. The highest BCUT2D eigenvalue weighted by molar-refractivity contribution is 7.92. The van der Waals surface area contributed by atoms with Gasteiger partial charge < -0.3 is 5.32 Å². The number of nitrogens with one attached hydrogen (secondary N) is 2. The van der Waals surface area contributed by atoms with Crippen molar-refractivity contribution < 1.29 is 13.2 Å². The minimum atomic E-state index is -3.70. The molecule has 1 aliphatic carbocycles. The maximum absolute atomic E-state index is 12.9. The molecule has 29 heavy (non-hydrogen) atoms. The van der Waals surface area contributed by atoms with Crippen LogP contribution in [0.15, 0.2) is 83.8 Å². The number of anilines is 2. The lowest BCUT2D eigenvalue weighted by atomic mass is 9.95. The first-order chi connectivity index (χ1) is 13.9. The van der Waals surface area contributed by atoms with Crippen molar-refractivity contribution in [2.75, 3.05) is 10.0 Å². The monoisotopic (exact) mass is 426 g/mol. The molecule has 1 fully saturated rings. The zero-order chi connectivity index (χ0) is 20.5. The molecule has 4 rings (SSSR count). The van der Waals surface area contributed by atoms with E-state index in [9.17, 15) is 13.2 Å². The number of hydrogen-bond donors (Lipinski definition) is 2. The summed E-state index contributed by atoms with van der Waals surface area (Å²) in [5, 5.41) is 3.51. The summed E-state index contributed by atoms with van der Waals surface area (Å²) in [6.45, 7) is 0. The van der Waals surface area contributed by atoms with Crippen LogP contribution in [0.1, 0.15) is 18.4 Å². The molecule has 7 heteroatoms. The summed E-state index contributed by atoms with van der Waals surface area (Å²) in [6, 6.07) is 22.1. The van der Waals surface area contributed by atoms with Gasteiger partial charge in [0.2, 0.25) is 5.91 Å². The minimum absolute atomic E-state index is 0.122. The molecule has 1 amide bonds. The smallest absolute Gasteiger partial charge is 0.261 e. The van der Waals surface area contributed by atoms with Gasteiger partial charge in [0.15, 0.2) is 0 Å². The summed E-state index contributed by atoms with van der Waals surface area (Å²) >= 11 is 6.08. The fourth-order valence-corrected chi connectivity index (χ4v) is 4.54. The number of sulfonamides is 1. The van der Waals surface area contributed by atoms with Crippen molar-refractivity contribution in [2.45, 2.75) is 23.2 Å². The van der Waals surface area contributed by atoms with E-state index in [0.717, 1.165) is 18.4 Å². The molecule has 0 aliphatic heterocycles. The van der Waals surface area contributed by atoms with Crippen molar-refractivity contribution in [1.82, 2.24) is 0 Å². The first-order valence-corrected chi connectivity index (χ1v) is 11.0. The summed E-state index contributed by atoms with van der Waals surface area (Å²) in [5.74, 6) is -0.122. The number of carbonyl (C=O) groups excluding carboxylic acids is 1. The van der Waals surface area contributed by atoms with Crippen molar-refractivity contribution >= 4 is 38.9 Å². The van der Waals surface area contributed by atoms with Gasteiger partial charge in [-0.25, -0.2) is 8.42 Å². The standard InChI is InChI=1S/C22H19ClN2O3S/c23-17-7-4-6-16(14-17)22(12-13-22)21(26)24-18-8-5-9-19(15-18)25-29(27,28)20-10-2-1-3-11-20/h1-11,14-15,25H,12-13H2,(H,24,26). The Bertz CT molecular complexity index is 1160. The Morgan fingerprint density at radius 2 is 1.55 bits per heavy atom. The number of amides is 1. The van der Waals surface area contributed by atoms with Crippen LogP contribution >= 0.6 is 11.6 Å². The Morgan fingerprint density at radius 1 is 0.862 bits per heavy atom. The Kier molecular flexibility index (Phi) is 5.06. The van der Waals surface area contributed by atoms with Crippen molar-refractivity contribution in [2.24, 2.45) is 0 Å². The van der Waals surface area contributed by atoms with Gasteiger partial charge in [0, 0.05) is 10.7 Å². The SMILES string of the molecule is O=C(Nc1cccc(NS(=O)(=O)c2ccccc2)c1)C1(c2cccc(Cl)c2)CC1. The molecule has 148 valence electrons. The van der Waals surface area contributed by atoms with Gasteiger partial charge in [0.1, 0.15) is 0 Å². The molecule has 3 aromatic carbocycles. The number of carbonyl (C=O) groups is 1. The summed E-state index contributed by atoms with van der Waals surface area (Å²) in [5.41, 5.74) is 1.21. The second kappa shape index (κ2) is 7.54. The number of hydrogen-bond acceptors (Lipinski definition) is 3. The van der Waals surface area contributed by atoms with E-state index in [1.54, 1.807) is 48.5 Å². The normalized spacial score (nSPS) is 14.8. The molecule has 0 bridgehead atoms. The molecule has 0 spiro atoms. The fraction of sp³-hybridized carbons (Fsp3) is 0.136. The highest BCUT2D eigenvalue weighted by atomic mass is 35.5. The molecule has 0 saturated heterocycles. The quantitative estimate of drug-likeness (QED) is 0.593. The van der Waals surface area contributed by atoms with Gasteiger partial charge in [-0.15, -0.1) is 0 Å². The summed E-state index contributed by atoms with van der Waals surface area (Å²) in [4.78, 5) is 13.1. The van der Waals surface area contributed by atoms with Gasteiger partial charge >= 0.3 is 0 Å². The van der Waals surface area contributed by atoms with Crippen LogP contribution in [-0.4, -0.2) is 14.3 Å². The molecule has 0 atom stereocenters. The van der Waals surface area contributed by atoms with Crippen LogP contribution in [0.25, 0.3) is 0 Å². The van der Waals surface area contributed by atoms with Gasteiger partial charge in [-0.05, 0) is 60.9 Å². The molecule has 0 aromatic heterocycles. The predicted molar refractivity (Wildman–Crippen MR) is 115 cm³/mol. The maximum atomic E-state index is 12.9. The van der Waals surface area contributed by atoms with Crippen molar-refractivity contribution in [3.8, 4) is 0 Å². The molecule has 0 radical (unpaired) electrons. The lowest BCUT2D eigenvalue weighted by Crippen LogP contribution is -2.27. The molecule has 1 saturated carbocycles. The van der Waals surface area contributed by atoms with E-state index in [-0.39, 0.29) is 10.8 Å². The third-order valence-corrected chi connectivity index (χ3v) is 6.62. The average Bonchev–Trinajstić information content (AvgIpc) is 3.51. The highest BCUT2D eigenvalue weighted by Crippen LogP contribution is 2.49. The Balaban J connectivity index is 1.52. The topological polar surface area (TPSA) is 75.3 Å². The van der Waals surface area contributed by atoms with E-state index in [4.69, 9.17) is 11.6 Å². The third-order valence-electron chi connectivity index (χ3n) is 4.99. The molecule has 0 heterocycles. The Hall–Kier alpha value is -2.83. The van der Waals surface area contributed by atoms with Gasteiger partial charge in [-0.2, -0.15) is 0 Å². The molecule has 3 aromatic rings. The first-order valence-electron chi connectivity index (χ1n) is 9.15. The van der Waals surface area contributed by atoms with E-state index in [0.29, 0.717) is 16.4 Å². The van der Waals surface area contributed by atoms with Crippen LogP contribution in [0.3, 0.4) is 0 Å². The number of benzene rings is 3. The van der Waals surface area contributed by atoms with E-state index in [1.165, 1.54) is 12.1 Å². The third kappa shape index (κ3) is 4.13. The second-order valence-electron chi connectivity index (χ2n) is 7.05. The van der Waals surface area contributed by atoms with E-state index >= 15 is 0 Å². The van der Waals surface area contributed by atoms with Crippen molar-refractivity contribution in [3.05, 3.63) is 89.4 Å². The fourth-order valence-electron chi connectivity index (χ4n) is 3.28. The number of halogens is 1. The number of rotatable bonds is 6. The van der Waals surface area contributed by atoms with E-state index < -0.39 is 15.4 Å². The first kappa shape index (κ1) is 19.5. The van der Waals surface area contributed by atoms with E-state index in [1.807, 2.05) is 18.2 Å². The van der Waals surface area contributed by atoms with E-state index in [2.05, 4.69) is 10.0 Å². The highest BCUT2D eigenvalue weighted by Gasteiger charge is 2.51. The largest absolute Gasteiger partial charge is 0.325 e. The van der Waals surface area contributed by atoms with Crippen LogP contribution in [-0.2, 0) is 20.2 Å². The zero-order valence-corrected chi connectivity index (χ0v) is 17.0. The van der Waals surface area contributed by atoms with Gasteiger partial charge in [0.25, 0.3) is 10.0 Å². The van der Waals surface area contributed by atoms with Crippen LogP contribution in [0.5, 0.6) is 0 Å². The molecule has 0 unspecified atom stereocenters. The Morgan fingerprint density at radius 3 is 2.24 bits per heavy atom. The van der Waals surface area contributed by atoms with Crippen molar-refractivity contribution in [3.63, 3.8) is 0 Å². The average molecular weight is 427 g/mol. The summed E-state index contributed by atoms with van der Waals surface area (Å²) in [7, 11) is -3.70. The molecular formula is C22H19ClN2O3S. The van der Waals surface area contributed by atoms with Gasteiger partial charge in [-0.3, -0.25) is 9.52 Å². The molecular weight excluding hydrogens is 408 g/mol.